The van der Waals surface area contributed by atoms with Crippen molar-refractivity contribution < 1.29 is 45.8 Å². The maximum Gasteiger partial charge on any atom is 0.573 e. The van der Waals surface area contributed by atoms with Gasteiger partial charge in [0.1, 0.15) is 11.9 Å². The van der Waals surface area contributed by atoms with Gasteiger partial charge in [-0.25, -0.2) is 9.07 Å². The van der Waals surface area contributed by atoms with E-state index in [0.717, 1.165) is 39.8 Å². The lowest BCUT2D eigenvalue weighted by Gasteiger charge is -2.26. The van der Waals surface area contributed by atoms with Gasteiger partial charge < -0.3 is 29.6 Å². The average molecular weight is 628 g/mol. The molecule has 1 unspecified atom stereocenters. The number of carbonyl (C=O) groups is 3. The topological polar surface area (TPSA) is 150 Å². The lowest BCUT2D eigenvalue weighted by Crippen LogP contribution is -2.46. The molecule has 3 heterocycles. The second-order valence-corrected chi connectivity index (χ2v) is 9.49. The molecule has 1 fully saturated rings. The quantitative estimate of drug-likeness (QED) is 0.255. The van der Waals surface area contributed by atoms with Crippen LogP contribution in [0.1, 0.15) is 22.5 Å². The molecule has 1 aliphatic rings. The predicted molar refractivity (Wildman–Crippen MR) is 141 cm³/mol. The molecule has 0 spiro atoms. The number of nitrogens with one attached hydrogen (secondary N) is 2. The summed E-state index contributed by atoms with van der Waals surface area (Å²) in [5, 5.41) is 11.9. The van der Waals surface area contributed by atoms with Crippen molar-refractivity contribution in [3.8, 4) is 5.75 Å². The Morgan fingerprint density at radius 3 is 2.61 bits per heavy atom. The smallest absolute Gasteiger partial charge is 0.406 e. The summed E-state index contributed by atoms with van der Waals surface area (Å²) in [6.07, 6.45) is -4.40. The van der Waals surface area contributed by atoms with Crippen LogP contribution in [-0.2, 0) is 34.0 Å². The van der Waals surface area contributed by atoms with Gasteiger partial charge in [-0.2, -0.15) is 4.39 Å². The van der Waals surface area contributed by atoms with Crippen molar-refractivity contribution in [2.45, 2.75) is 38.6 Å². The zero-order chi connectivity index (χ0) is 31.9. The first-order chi connectivity index (χ1) is 20.9. The first-order valence-electron chi connectivity index (χ1n) is 13.1. The Labute approximate surface area is 245 Å². The fourth-order valence-corrected chi connectivity index (χ4v) is 4.10. The van der Waals surface area contributed by atoms with E-state index in [-0.39, 0.29) is 58.1 Å². The number of morpholine rings is 1. The number of aryl methyl sites for hydroxylation is 1. The highest BCUT2D eigenvalue weighted by Gasteiger charge is 2.31. The second-order valence-electron chi connectivity index (χ2n) is 9.49. The molecule has 18 heteroatoms. The number of aromatic nitrogens is 4. The third kappa shape index (κ3) is 8.82. The van der Waals surface area contributed by atoms with Gasteiger partial charge >= 0.3 is 18.2 Å². The number of ether oxygens (including phenoxy) is 2. The van der Waals surface area contributed by atoms with Crippen molar-refractivity contribution in [2.24, 2.45) is 0 Å². The molecule has 1 atom stereocenters. The highest BCUT2D eigenvalue weighted by Crippen LogP contribution is 2.23. The van der Waals surface area contributed by atoms with Gasteiger partial charge in [-0.05, 0) is 30.2 Å². The standard InChI is InChI=1S/C26H26F5N7O6/c27-17(4-6-36-7-5-19(21(28)24(36)41)33-23(40)25(42)37-8-10-43-11-9-37)14-38-15-20(34-35-38)22(39)32-13-16-2-1-3-18(12-16)44-26(29,30)31/h1-3,5,7,12,15,17H,4,6,8-11,13-14H2,(H,32,39)(H,33,40). The fourth-order valence-electron chi connectivity index (χ4n) is 4.10. The summed E-state index contributed by atoms with van der Waals surface area (Å²) in [6, 6.07) is 6.09. The number of benzene rings is 1. The minimum atomic E-state index is -4.86. The minimum absolute atomic E-state index is 0.148. The van der Waals surface area contributed by atoms with Crippen molar-refractivity contribution in [3.05, 3.63) is 70.2 Å². The van der Waals surface area contributed by atoms with E-state index < -0.39 is 53.1 Å². The Bertz CT molecular complexity index is 1550. The van der Waals surface area contributed by atoms with Crippen molar-refractivity contribution in [2.75, 3.05) is 31.6 Å². The maximum absolute atomic E-state index is 14.7. The van der Waals surface area contributed by atoms with Crippen LogP contribution in [0.15, 0.2) is 47.5 Å². The number of rotatable bonds is 10. The molecule has 0 saturated carbocycles. The Morgan fingerprint density at radius 1 is 1.14 bits per heavy atom. The van der Waals surface area contributed by atoms with Gasteiger partial charge in [0, 0.05) is 32.4 Å². The number of pyridine rings is 1. The molecule has 1 aliphatic heterocycles. The summed E-state index contributed by atoms with van der Waals surface area (Å²) < 4.78 is 77.4. The molecule has 13 nitrogen and oxygen atoms in total. The summed E-state index contributed by atoms with van der Waals surface area (Å²) in [4.78, 5) is 50.4. The normalized spacial score (nSPS) is 14.2. The highest BCUT2D eigenvalue weighted by molar-refractivity contribution is 6.39. The molecule has 3 amide bonds. The highest BCUT2D eigenvalue weighted by atomic mass is 19.4. The molecular formula is C26H26F5N7O6. The van der Waals surface area contributed by atoms with Gasteiger partial charge in [0.25, 0.3) is 11.5 Å². The van der Waals surface area contributed by atoms with Crippen LogP contribution in [0.5, 0.6) is 5.75 Å². The average Bonchev–Trinajstić information content (AvgIpc) is 3.45. The summed E-state index contributed by atoms with van der Waals surface area (Å²) in [5.41, 5.74) is -1.49. The maximum atomic E-state index is 14.7. The molecule has 0 aliphatic carbocycles. The lowest BCUT2D eigenvalue weighted by atomic mass is 10.2. The number of amides is 3. The van der Waals surface area contributed by atoms with Crippen LogP contribution in [-0.4, -0.2) is 81.0 Å². The molecule has 0 radical (unpaired) electrons. The molecule has 4 rings (SSSR count). The Morgan fingerprint density at radius 2 is 1.89 bits per heavy atom. The van der Waals surface area contributed by atoms with Gasteiger partial charge in [0.05, 0.1) is 31.6 Å². The molecular weight excluding hydrogens is 601 g/mol. The van der Waals surface area contributed by atoms with Crippen molar-refractivity contribution >= 4 is 23.4 Å². The molecule has 0 bridgehead atoms. The van der Waals surface area contributed by atoms with Crippen molar-refractivity contribution in [3.63, 3.8) is 0 Å². The fraction of sp³-hybridized carbons (Fsp3) is 0.385. The molecule has 1 aromatic carbocycles. The molecule has 3 aromatic rings. The van der Waals surface area contributed by atoms with Crippen LogP contribution in [0.3, 0.4) is 0 Å². The number of halogens is 5. The van der Waals surface area contributed by atoms with Crippen molar-refractivity contribution in [1.29, 1.82) is 0 Å². The lowest BCUT2D eigenvalue weighted by molar-refractivity contribution is -0.274. The van der Waals surface area contributed by atoms with E-state index in [9.17, 15) is 41.1 Å². The molecule has 236 valence electrons. The van der Waals surface area contributed by atoms with E-state index in [2.05, 4.69) is 25.7 Å². The van der Waals surface area contributed by atoms with Crippen LogP contribution < -0.4 is 20.9 Å². The summed E-state index contributed by atoms with van der Waals surface area (Å²) in [7, 11) is 0. The molecule has 1 saturated heterocycles. The third-order valence-electron chi connectivity index (χ3n) is 6.27. The van der Waals surface area contributed by atoms with E-state index in [1.54, 1.807) is 0 Å². The number of carbonyl (C=O) groups excluding carboxylic acids is 3. The number of nitrogens with zero attached hydrogens (tertiary/aromatic N) is 5. The van der Waals surface area contributed by atoms with Gasteiger partial charge in [-0.1, -0.05) is 17.3 Å². The van der Waals surface area contributed by atoms with Crippen LogP contribution in [0.25, 0.3) is 0 Å². The van der Waals surface area contributed by atoms with Gasteiger partial charge in [-0.15, -0.1) is 18.3 Å². The predicted octanol–water partition coefficient (Wildman–Crippen LogP) is 1.63. The van der Waals surface area contributed by atoms with E-state index in [1.807, 2.05) is 0 Å². The Hall–Kier alpha value is -4.87. The zero-order valence-electron chi connectivity index (χ0n) is 22.9. The molecule has 44 heavy (non-hydrogen) atoms. The number of hydrogen-bond acceptors (Lipinski definition) is 8. The number of anilines is 1. The van der Waals surface area contributed by atoms with Crippen LogP contribution >= 0.6 is 0 Å². The van der Waals surface area contributed by atoms with E-state index in [1.165, 1.54) is 17.0 Å². The van der Waals surface area contributed by atoms with Gasteiger partial charge in [-0.3, -0.25) is 19.2 Å². The van der Waals surface area contributed by atoms with E-state index >= 15 is 0 Å². The Kier molecular flexibility index (Phi) is 10.2. The van der Waals surface area contributed by atoms with Crippen LogP contribution in [0.4, 0.5) is 27.6 Å². The number of hydrogen-bond donors (Lipinski definition) is 2. The van der Waals surface area contributed by atoms with Gasteiger partial charge in [0.15, 0.2) is 5.69 Å². The first kappa shape index (κ1) is 32.1. The van der Waals surface area contributed by atoms with E-state index in [4.69, 9.17) is 4.74 Å². The summed E-state index contributed by atoms with van der Waals surface area (Å²) in [5.74, 6) is -4.49. The van der Waals surface area contributed by atoms with Crippen LogP contribution in [0, 0.1) is 5.82 Å². The van der Waals surface area contributed by atoms with Crippen molar-refractivity contribution in [1.82, 2.24) is 29.8 Å². The molecule has 2 N–H and O–H groups in total. The SMILES string of the molecule is O=C(Nc1ccn(CCC(F)Cn2cc(C(=O)NCc3cccc(OC(F)(F)F)c3)nn2)c(=O)c1F)C(=O)N1CCOCC1. The zero-order valence-corrected chi connectivity index (χ0v) is 22.9. The monoisotopic (exact) mass is 627 g/mol. The number of alkyl halides is 4. The van der Waals surface area contributed by atoms with E-state index in [0.29, 0.717) is 5.56 Å². The minimum Gasteiger partial charge on any atom is -0.406 e. The van der Waals surface area contributed by atoms with Gasteiger partial charge in [0.2, 0.25) is 5.82 Å². The first-order valence-corrected chi connectivity index (χ1v) is 13.1. The summed E-state index contributed by atoms with van der Waals surface area (Å²) >= 11 is 0. The third-order valence-corrected chi connectivity index (χ3v) is 6.27. The largest absolute Gasteiger partial charge is 0.573 e. The summed E-state index contributed by atoms with van der Waals surface area (Å²) in [6.45, 7) is 0.181. The molecule has 2 aromatic heterocycles. The van der Waals surface area contributed by atoms with Crippen LogP contribution in [0.2, 0.25) is 0 Å². The Balaban J connectivity index is 1.25. The second kappa shape index (κ2) is 14.1.